The number of anilines is 2. The highest BCUT2D eigenvalue weighted by Gasteiger charge is 2.30. The van der Waals surface area contributed by atoms with E-state index in [0.717, 1.165) is 30.0 Å². The number of aryl methyl sites for hydroxylation is 1. The summed E-state index contributed by atoms with van der Waals surface area (Å²) in [5.74, 6) is 0.443. The molecule has 2 N–H and O–H groups in total. The number of hydrogen-bond donors (Lipinski definition) is 2. The maximum atomic E-state index is 13.1. The Bertz CT molecular complexity index is 1100. The molecule has 2 aliphatic rings. The average molecular weight is 486 g/mol. The van der Waals surface area contributed by atoms with E-state index in [1.54, 1.807) is 18.2 Å². The standard InChI is InChI=1S/C25H28ClN3O3S/c1-14-8-15(2)13-29(12-14)25(32)17-5-4-16(3)19(9-17)27-23(30)11-22-24(31)28-20-10-18(26)6-7-21(20)33-22/h4-7,9-10,14-15,22H,8,11-13H2,1-3H3,(H,27,30)(H,28,31). The van der Waals surface area contributed by atoms with Gasteiger partial charge in [0, 0.05) is 40.7 Å². The maximum absolute atomic E-state index is 13.1. The van der Waals surface area contributed by atoms with E-state index in [2.05, 4.69) is 24.5 Å². The summed E-state index contributed by atoms with van der Waals surface area (Å²) in [6, 6.07) is 10.7. The molecule has 2 heterocycles. The molecule has 3 unspecified atom stereocenters. The van der Waals surface area contributed by atoms with Gasteiger partial charge in [-0.25, -0.2) is 0 Å². The van der Waals surface area contributed by atoms with Crippen LogP contribution in [0.3, 0.4) is 0 Å². The summed E-state index contributed by atoms with van der Waals surface area (Å²) in [6.07, 6.45) is 1.15. The summed E-state index contributed by atoms with van der Waals surface area (Å²) in [7, 11) is 0. The minimum atomic E-state index is -0.542. The van der Waals surface area contributed by atoms with E-state index in [1.807, 2.05) is 30.0 Å². The summed E-state index contributed by atoms with van der Waals surface area (Å²) in [4.78, 5) is 41.2. The van der Waals surface area contributed by atoms with Crippen molar-refractivity contribution in [1.82, 2.24) is 4.90 Å². The van der Waals surface area contributed by atoms with Crippen LogP contribution in [0, 0.1) is 18.8 Å². The third kappa shape index (κ3) is 5.53. The van der Waals surface area contributed by atoms with Crippen molar-refractivity contribution in [3.05, 3.63) is 52.5 Å². The molecule has 6 nitrogen and oxygen atoms in total. The molecule has 0 spiro atoms. The molecule has 0 aromatic heterocycles. The van der Waals surface area contributed by atoms with E-state index in [0.29, 0.717) is 33.8 Å². The van der Waals surface area contributed by atoms with E-state index in [1.165, 1.54) is 11.8 Å². The predicted molar refractivity (Wildman–Crippen MR) is 133 cm³/mol. The molecule has 2 aromatic carbocycles. The molecule has 3 atom stereocenters. The van der Waals surface area contributed by atoms with Crippen molar-refractivity contribution in [3.63, 3.8) is 0 Å². The van der Waals surface area contributed by atoms with Crippen LogP contribution < -0.4 is 10.6 Å². The Morgan fingerprint density at radius 2 is 1.88 bits per heavy atom. The smallest absolute Gasteiger partial charge is 0.253 e. The minimum Gasteiger partial charge on any atom is -0.338 e. The third-order valence-corrected chi connectivity index (χ3v) is 7.56. The summed E-state index contributed by atoms with van der Waals surface area (Å²) in [6.45, 7) is 7.72. The van der Waals surface area contributed by atoms with Crippen LogP contribution in [-0.4, -0.2) is 41.0 Å². The number of rotatable bonds is 4. The van der Waals surface area contributed by atoms with E-state index in [9.17, 15) is 14.4 Å². The molecule has 0 aliphatic carbocycles. The zero-order chi connectivity index (χ0) is 23.7. The van der Waals surface area contributed by atoms with Gasteiger partial charge in [-0.05, 0) is 61.1 Å². The van der Waals surface area contributed by atoms with Crippen LogP contribution in [0.5, 0.6) is 0 Å². The Balaban J connectivity index is 1.43. The molecule has 33 heavy (non-hydrogen) atoms. The number of halogens is 1. The molecule has 4 rings (SSSR count). The molecule has 3 amide bonds. The molecule has 1 saturated heterocycles. The van der Waals surface area contributed by atoms with Gasteiger partial charge >= 0.3 is 0 Å². The summed E-state index contributed by atoms with van der Waals surface area (Å²) in [5, 5.41) is 5.73. The van der Waals surface area contributed by atoms with Gasteiger partial charge in [0.15, 0.2) is 0 Å². The number of piperidine rings is 1. The highest BCUT2D eigenvalue weighted by atomic mass is 35.5. The fraction of sp³-hybridized carbons (Fsp3) is 0.400. The number of hydrogen-bond acceptors (Lipinski definition) is 4. The number of fused-ring (bicyclic) bond motifs is 1. The summed E-state index contributed by atoms with van der Waals surface area (Å²) < 4.78 is 0. The Morgan fingerprint density at radius 1 is 1.15 bits per heavy atom. The zero-order valence-corrected chi connectivity index (χ0v) is 20.6. The first-order valence-electron chi connectivity index (χ1n) is 11.2. The topological polar surface area (TPSA) is 78.5 Å². The van der Waals surface area contributed by atoms with Crippen molar-refractivity contribution >= 4 is 52.5 Å². The van der Waals surface area contributed by atoms with Gasteiger partial charge < -0.3 is 15.5 Å². The van der Waals surface area contributed by atoms with Gasteiger partial charge in [-0.15, -0.1) is 11.8 Å². The largest absolute Gasteiger partial charge is 0.338 e. The van der Waals surface area contributed by atoms with Crippen LogP contribution in [0.25, 0.3) is 0 Å². The molecule has 0 bridgehead atoms. The van der Waals surface area contributed by atoms with Crippen molar-refractivity contribution in [2.45, 2.75) is 43.8 Å². The molecule has 2 aromatic rings. The Morgan fingerprint density at radius 3 is 2.61 bits per heavy atom. The first kappa shape index (κ1) is 23.6. The maximum Gasteiger partial charge on any atom is 0.253 e. The van der Waals surface area contributed by atoms with Crippen molar-refractivity contribution < 1.29 is 14.4 Å². The highest BCUT2D eigenvalue weighted by Crippen LogP contribution is 2.38. The lowest BCUT2D eigenvalue weighted by Crippen LogP contribution is -2.42. The van der Waals surface area contributed by atoms with E-state index < -0.39 is 5.25 Å². The van der Waals surface area contributed by atoms with Gasteiger partial charge in [-0.3, -0.25) is 14.4 Å². The molecule has 8 heteroatoms. The molecule has 2 aliphatic heterocycles. The lowest BCUT2D eigenvalue weighted by atomic mass is 9.91. The molecule has 0 radical (unpaired) electrons. The van der Waals surface area contributed by atoms with Gasteiger partial charge in [-0.2, -0.15) is 0 Å². The predicted octanol–water partition coefficient (Wildman–Crippen LogP) is 5.21. The monoisotopic (exact) mass is 485 g/mol. The number of carbonyl (C=O) groups excluding carboxylic acids is 3. The first-order chi connectivity index (χ1) is 15.7. The second-order valence-electron chi connectivity index (χ2n) is 9.17. The highest BCUT2D eigenvalue weighted by molar-refractivity contribution is 8.01. The number of amides is 3. The van der Waals surface area contributed by atoms with Crippen molar-refractivity contribution in [2.24, 2.45) is 11.8 Å². The lowest BCUT2D eigenvalue weighted by Gasteiger charge is -2.35. The van der Waals surface area contributed by atoms with E-state index in [-0.39, 0.29) is 24.1 Å². The van der Waals surface area contributed by atoms with Gasteiger partial charge in [0.05, 0.1) is 10.9 Å². The normalized spacial score (nSPS) is 22.4. The summed E-state index contributed by atoms with van der Waals surface area (Å²) in [5.41, 5.74) is 2.68. The number of benzene rings is 2. The van der Waals surface area contributed by atoms with Gasteiger partial charge in [0.1, 0.15) is 0 Å². The van der Waals surface area contributed by atoms with E-state index >= 15 is 0 Å². The Labute approximate surface area is 203 Å². The fourth-order valence-corrected chi connectivity index (χ4v) is 5.79. The SMILES string of the molecule is Cc1ccc(C(=O)N2CC(C)CC(C)C2)cc1NC(=O)CC1Sc2ccc(Cl)cc2NC1=O. The molecule has 1 fully saturated rings. The average Bonchev–Trinajstić information content (AvgIpc) is 2.75. The van der Waals surface area contributed by atoms with Crippen LogP contribution in [-0.2, 0) is 9.59 Å². The lowest BCUT2D eigenvalue weighted by molar-refractivity contribution is -0.120. The van der Waals surface area contributed by atoms with Crippen LogP contribution in [0.15, 0.2) is 41.3 Å². The number of thioether (sulfide) groups is 1. The first-order valence-corrected chi connectivity index (χ1v) is 12.4. The van der Waals surface area contributed by atoms with Gasteiger partial charge in [-0.1, -0.05) is 31.5 Å². The quantitative estimate of drug-likeness (QED) is 0.623. The molecular weight excluding hydrogens is 458 g/mol. The Hall–Kier alpha value is -2.51. The van der Waals surface area contributed by atoms with Crippen LogP contribution in [0.1, 0.15) is 42.6 Å². The summed E-state index contributed by atoms with van der Waals surface area (Å²) >= 11 is 7.35. The van der Waals surface area contributed by atoms with Gasteiger partial charge in [0.25, 0.3) is 5.91 Å². The van der Waals surface area contributed by atoms with Crippen molar-refractivity contribution in [2.75, 3.05) is 23.7 Å². The number of likely N-dealkylation sites (tertiary alicyclic amines) is 1. The van der Waals surface area contributed by atoms with Gasteiger partial charge in [0.2, 0.25) is 11.8 Å². The fourth-order valence-electron chi connectivity index (χ4n) is 4.53. The van der Waals surface area contributed by atoms with Crippen LogP contribution >= 0.6 is 23.4 Å². The van der Waals surface area contributed by atoms with Crippen molar-refractivity contribution in [1.29, 1.82) is 0 Å². The third-order valence-electron chi connectivity index (χ3n) is 6.05. The second kappa shape index (κ2) is 9.77. The van der Waals surface area contributed by atoms with Crippen LogP contribution in [0.4, 0.5) is 11.4 Å². The Kier molecular flexibility index (Phi) is 7.00. The minimum absolute atomic E-state index is 0.0126. The number of carbonyl (C=O) groups is 3. The van der Waals surface area contributed by atoms with Crippen molar-refractivity contribution in [3.8, 4) is 0 Å². The molecular formula is C25H28ClN3O3S. The zero-order valence-electron chi connectivity index (χ0n) is 19.0. The molecule has 174 valence electrons. The number of nitrogens with zero attached hydrogens (tertiary/aromatic N) is 1. The van der Waals surface area contributed by atoms with Crippen LogP contribution in [0.2, 0.25) is 5.02 Å². The molecule has 0 saturated carbocycles. The second-order valence-corrected chi connectivity index (χ2v) is 10.9. The number of nitrogens with one attached hydrogen (secondary N) is 2. The van der Waals surface area contributed by atoms with E-state index in [4.69, 9.17) is 11.6 Å².